The molecule has 160 valence electrons. The molecule has 0 aromatic heterocycles. The number of nitrogens with zero attached hydrogens (tertiary/aromatic N) is 1. The number of carbonyl (C=O) groups excluding carboxylic acids is 1. The Morgan fingerprint density at radius 3 is 2.63 bits per heavy atom. The molecule has 0 unspecified atom stereocenters. The van der Waals surface area contributed by atoms with E-state index in [2.05, 4.69) is 16.3 Å². The van der Waals surface area contributed by atoms with Crippen LogP contribution in [0.4, 0.5) is 0 Å². The van der Waals surface area contributed by atoms with Gasteiger partial charge in [0, 0.05) is 28.7 Å². The maximum absolute atomic E-state index is 12.1. The summed E-state index contributed by atoms with van der Waals surface area (Å²) >= 11 is 12.4. The third-order valence-electron chi connectivity index (χ3n) is 6.04. The molecule has 0 atom stereocenters. The van der Waals surface area contributed by atoms with Crippen LogP contribution in [0.1, 0.15) is 48.0 Å². The van der Waals surface area contributed by atoms with E-state index in [1.54, 1.807) is 24.3 Å². The predicted molar refractivity (Wildman–Crippen MR) is 122 cm³/mol. The van der Waals surface area contributed by atoms with E-state index in [9.17, 15) is 4.79 Å². The first-order valence-corrected chi connectivity index (χ1v) is 11.5. The SMILES string of the molecule is O=C(NCCC1CC(Oc2ccc(CN3CCCC3)c(Cl)c2)C1)c1cccc(Cl)c1. The van der Waals surface area contributed by atoms with Crippen molar-refractivity contribution in [3.63, 3.8) is 0 Å². The van der Waals surface area contributed by atoms with Gasteiger partial charge in [-0.3, -0.25) is 9.69 Å². The van der Waals surface area contributed by atoms with Gasteiger partial charge in [0.15, 0.2) is 0 Å². The van der Waals surface area contributed by atoms with Crippen molar-refractivity contribution >= 4 is 29.1 Å². The number of nitrogens with one attached hydrogen (secondary N) is 1. The highest BCUT2D eigenvalue weighted by atomic mass is 35.5. The van der Waals surface area contributed by atoms with E-state index in [4.69, 9.17) is 27.9 Å². The topological polar surface area (TPSA) is 41.6 Å². The number of rotatable bonds is 8. The van der Waals surface area contributed by atoms with Gasteiger partial charge in [-0.25, -0.2) is 0 Å². The number of hydrogen-bond donors (Lipinski definition) is 1. The summed E-state index contributed by atoms with van der Waals surface area (Å²) < 4.78 is 6.10. The summed E-state index contributed by atoms with van der Waals surface area (Å²) in [6, 6.07) is 13.1. The van der Waals surface area contributed by atoms with Crippen LogP contribution in [0, 0.1) is 5.92 Å². The molecule has 0 radical (unpaired) electrons. The lowest BCUT2D eigenvalue weighted by Crippen LogP contribution is -2.36. The average molecular weight is 447 g/mol. The molecule has 0 spiro atoms. The number of ether oxygens (including phenoxy) is 1. The fourth-order valence-electron chi connectivity index (χ4n) is 4.23. The van der Waals surface area contributed by atoms with Gasteiger partial charge in [0.05, 0.1) is 6.10 Å². The Hall–Kier alpha value is -1.75. The molecule has 4 nitrogen and oxygen atoms in total. The Morgan fingerprint density at radius 2 is 1.90 bits per heavy atom. The molecule has 1 saturated heterocycles. The minimum atomic E-state index is -0.0757. The monoisotopic (exact) mass is 446 g/mol. The molecule has 2 aliphatic rings. The molecule has 1 N–H and O–H groups in total. The van der Waals surface area contributed by atoms with E-state index < -0.39 is 0 Å². The van der Waals surface area contributed by atoms with Crippen molar-refractivity contribution in [3.05, 3.63) is 63.6 Å². The van der Waals surface area contributed by atoms with E-state index in [-0.39, 0.29) is 12.0 Å². The molecule has 2 aromatic rings. The van der Waals surface area contributed by atoms with Gasteiger partial charge in [0.25, 0.3) is 5.91 Å². The second-order valence-corrected chi connectivity index (χ2v) is 9.21. The molecular weight excluding hydrogens is 419 g/mol. The standard InChI is InChI=1S/C24H28Cl2N2O2/c25-20-5-3-4-18(14-20)24(29)27-9-8-17-12-22(13-17)30-21-7-6-19(23(26)15-21)16-28-10-1-2-11-28/h3-7,14-15,17,22H,1-2,8-13,16H2,(H,27,29). The Balaban J connectivity index is 1.16. The summed E-state index contributed by atoms with van der Waals surface area (Å²) in [7, 11) is 0. The van der Waals surface area contributed by atoms with Gasteiger partial charge in [0.2, 0.25) is 0 Å². The minimum Gasteiger partial charge on any atom is -0.490 e. The summed E-state index contributed by atoms with van der Waals surface area (Å²) in [6.45, 7) is 3.92. The Bertz CT molecular complexity index is 877. The molecule has 1 heterocycles. The van der Waals surface area contributed by atoms with E-state index in [1.807, 2.05) is 12.1 Å². The van der Waals surface area contributed by atoms with Crippen molar-refractivity contribution in [1.82, 2.24) is 10.2 Å². The highest BCUT2D eigenvalue weighted by Gasteiger charge is 2.30. The van der Waals surface area contributed by atoms with Gasteiger partial charge in [-0.05, 0) is 87.0 Å². The molecular formula is C24H28Cl2N2O2. The first kappa shape index (κ1) is 21.5. The van der Waals surface area contributed by atoms with Crippen LogP contribution in [-0.2, 0) is 6.54 Å². The molecule has 1 saturated carbocycles. The molecule has 4 rings (SSSR count). The zero-order chi connectivity index (χ0) is 20.9. The number of likely N-dealkylation sites (tertiary alicyclic amines) is 1. The maximum atomic E-state index is 12.1. The average Bonchev–Trinajstić information content (AvgIpc) is 3.21. The van der Waals surface area contributed by atoms with Gasteiger partial charge >= 0.3 is 0 Å². The lowest BCUT2D eigenvalue weighted by atomic mass is 9.80. The lowest BCUT2D eigenvalue weighted by Gasteiger charge is -2.35. The number of carbonyl (C=O) groups is 1. The van der Waals surface area contributed by atoms with Gasteiger partial charge < -0.3 is 10.1 Å². The van der Waals surface area contributed by atoms with Crippen molar-refractivity contribution < 1.29 is 9.53 Å². The number of halogens is 2. The first-order chi connectivity index (χ1) is 14.6. The highest BCUT2D eigenvalue weighted by molar-refractivity contribution is 6.31. The van der Waals surface area contributed by atoms with Crippen molar-refractivity contribution in [2.24, 2.45) is 5.92 Å². The number of hydrogen-bond acceptors (Lipinski definition) is 3. The summed E-state index contributed by atoms with van der Waals surface area (Å²) in [6.07, 6.45) is 5.79. The van der Waals surface area contributed by atoms with E-state index in [0.717, 1.165) is 49.7 Å². The largest absolute Gasteiger partial charge is 0.490 e. The van der Waals surface area contributed by atoms with Crippen LogP contribution < -0.4 is 10.1 Å². The molecule has 1 aliphatic heterocycles. The van der Waals surface area contributed by atoms with Gasteiger partial charge in [-0.1, -0.05) is 35.3 Å². The fraction of sp³-hybridized carbons (Fsp3) is 0.458. The third-order valence-corrected chi connectivity index (χ3v) is 6.62. The third kappa shape index (κ3) is 5.69. The van der Waals surface area contributed by atoms with Crippen LogP contribution in [0.2, 0.25) is 10.0 Å². The second-order valence-electron chi connectivity index (χ2n) is 8.37. The Kier molecular flexibility index (Phi) is 7.19. The fourth-order valence-corrected chi connectivity index (χ4v) is 4.65. The predicted octanol–water partition coefficient (Wildman–Crippen LogP) is 5.57. The van der Waals surface area contributed by atoms with Crippen molar-refractivity contribution in [1.29, 1.82) is 0 Å². The molecule has 1 aliphatic carbocycles. The maximum Gasteiger partial charge on any atom is 0.251 e. The van der Waals surface area contributed by atoms with E-state index in [0.29, 0.717) is 23.0 Å². The molecule has 2 fully saturated rings. The van der Waals surface area contributed by atoms with Crippen LogP contribution in [0.3, 0.4) is 0 Å². The van der Waals surface area contributed by atoms with Crippen LogP contribution in [-0.4, -0.2) is 36.5 Å². The molecule has 2 aromatic carbocycles. The summed E-state index contributed by atoms with van der Waals surface area (Å²) in [5.74, 6) is 1.36. The molecule has 0 bridgehead atoms. The normalized spacial score (nSPS) is 21.3. The van der Waals surface area contributed by atoms with Gasteiger partial charge in [-0.15, -0.1) is 0 Å². The Labute approximate surface area is 188 Å². The molecule has 1 amide bonds. The van der Waals surface area contributed by atoms with Gasteiger partial charge in [-0.2, -0.15) is 0 Å². The van der Waals surface area contributed by atoms with Crippen LogP contribution in [0.5, 0.6) is 5.75 Å². The van der Waals surface area contributed by atoms with Crippen LogP contribution in [0.25, 0.3) is 0 Å². The summed E-state index contributed by atoms with van der Waals surface area (Å²) in [5, 5.41) is 4.34. The zero-order valence-corrected chi connectivity index (χ0v) is 18.6. The zero-order valence-electron chi connectivity index (χ0n) is 17.1. The lowest BCUT2D eigenvalue weighted by molar-refractivity contribution is 0.0602. The molecule has 30 heavy (non-hydrogen) atoms. The van der Waals surface area contributed by atoms with E-state index in [1.165, 1.54) is 18.4 Å². The van der Waals surface area contributed by atoms with Crippen LogP contribution in [0.15, 0.2) is 42.5 Å². The smallest absolute Gasteiger partial charge is 0.251 e. The van der Waals surface area contributed by atoms with Crippen molar-refractivity contribution in [2.45, 2.75) is 44.8 Å². The van der Waals surface area contributed by atoms with Crippen molar-refractivity contribution in [3.8, 4) is 5.75 Å². The highest BCUT2D eigenvalue weighted by Crippen LogP contribution is 2.34. The van der Waals surface area contributed by atoms with Gasteiger partial charge in [0.1, 0.15) is 5.75 Å². The minimum absolute atomic E-state index is 0.0757. The summed E-state index contributed by atoms with van der Waals surface area (Å²) in [5.41, 5.74) is 1.77. The second kappa shape index (κ2) is 10.0. The Morgan fingerprint density at radius 1 is 1.10 bits per heavy atom. The quantitative estimate of drug-likeness (QED) is 0.576. The number of amides is 1. The van der Waals surface area contributed by atoms with Crippen LogP contribution >= 0.6 is 23.2 Å². The van der Waals surface area contributed by atoms with Crippen molar-refractivity contribution in [2.75, 3.05) is 19.6 Å². The summed E-state index contributed by atoms with van der Waals surface area (Å²) in [4.78, 5) is 14.6. The number of benzene rings is 2. The van der Waals surface area contributed by atoms with E-state index >= 15 is 0 Å². The first-order valence-electron chi connectivity index (χ1n) is 10.8. The molecule has 6 heteroatoms.